The molecule has 0 spiro atoms. The number of nitrogens with one attached hydrogen (secondary N) is 1. The van der Waals surface area contributed by atoms with Gasteiger partial charge in [-0.1, -0.05) is 39.5 Å². The molecule has 1 heterocycles. The zero-order chi connectivity index (χ0) is 13.5. The van der Waals surface area contributed by atoms with Gasteiger partial charge in [-0.3, -0.25) is 0 Å². The van der Waals surface area contributed by atoms with Crippen LogP contribution in [0.4, 0.5) is 0 Å². The van der Waals surface area contributed by atoms with Gasteiger partial charge in [0.1, 0.15) is 10.0 Å². The van der Waals surface area contributed by atoms with Crippen LogP contribution in [0.5, 0.6) is 0 Å². The van der Waals surface area contributed by atoms with Crippen LogP contribution < -0.4 is 5.32 Å². The Labute approximate surface area is 121 Å². The summed E-state index contributed by atoms with van der Waals surface area (Å²) in [6.45, 7) is 5.46. The molecule has 3 nitrogen and oxygen atoms in total. The second-order valence-electron chi connectivity index (χ2n) is 5.93. The highest BCUT2D eigenvalue weighted by Gasteiger charge is 2.18. The van der Waals surface area contributed by atoms with Gasteiger partial charge in [0.25, 0.3) is 0 Å². The van der Waals surface area contributed by atoms with Crippen LogP contribution in [-0.4, -0.2) is 22.8 Å². The third kappa shape index (κ3) is 5.19. The molecule has 0 radical (unpaired) electrons. The van der Waals surface area contributed by atoms with Crippen molar-refractivity contribution in [2.75, 3.05) is 6.54 Å². The average molecular weight is 281 g/mol. The maximum atomic E-state index is 4.44. The van der Waals surface area contributed by atoms with Crippen LogP contribution in [0.1, 0.15) is 74.7 Å². The molecule has 108 valence electrons. The van der Waals surface area contributed by atoms with Crippen LogP contribution in [-0.2, 0) is 6.42 Å². The maximum Gasteiger partial charge on any atom is 0.120 e. The van der Waals surface area contributed by atoms with Crippen molar-refractivity contribution in [2.45, 2.75) is 77.2 Å². The summed E-state index contributed by atoms with van der Waals surface area (Å²) in [5.41, 5.74) is 0. The fourth-order valence-electron chi connectivity index (χ4n) is 2.69. The van der Waals surface area contributed by atoms with Gasteiger partial charge in [-0.25, -0.2) is 0 Å². The summed E-state index contributed by atoms with van der Waals surface area (Å²) in [6, 6.07) is 0.580. The molecule has 0 unspecified atom stereocenters. The van der Waals surface area contributed by atoms with Crippen LogP contribution in [0.3, 0.4) is 0 Å². The standard InChI is InChI=1S/C15H27N3S/c1-12(2)16-11-7-10-14-17-18-15(19-14)13-8-5-3-4-6-9-13/h12-13,16H,3-11H2,1-2H3. The number of nitrogens with zero attached hydrogens (tertiary/aromatic N) is 2. The molecule has 0 bridgehead atoms. The largest absolute Gasteiger partial charge is 0.315 e. The van der Waals surface area contributed by atoms with Gasteiger partial charge >= 0.3 is 0 Å². The lowest BCUT2D eigenvalue weighted by Gasteiger charge is -2.08. The summed E-state index contributed by atoms with van der Waals surface area (Å²) in [4.78, 5) is 0. The minimum atomic E-state index is 0.580. The molecule has 1 aromatic rings. The molecule has 2 rings (SSSR count). The van der Waals surface area contributed by atoms with E-state index in [1.807, 2.05) is 11.3 Å². The normalized spacial score (nSPS) is 17.8. The Morgan fingerprint density at radius 3 is 2.58 bits per heavy atom. The first-order valence-corrected chi connectivity index (χ1v) is 8.63. The van der Waals surface area contributed by atoms with E-state index in [1.165, 1.54) is 48.5 Å². The molecule has 4 heteroatoms. The van der Waals surface area contributed by atoms with Crippen molar-refractivity contribution in [2.24, 2.45) is 0 Å². The van der Waals surface area contributed by atoms with Crippen LogP contribution in [0, 0.1) is 0 Å². The van der Waals surface area contributed by atoms with Gasteiger partial charge in [-0.15, -0.1) is 21.5 Å². The molecule has 0 atom stereocenters. The van der Waals surface area contributed by atoms with Gasteiger partial charge in [0.05, 0.1) is 0 Å². The first kappa shape index (κ1) is 14.9. The summed E-state index contributed by atoms with van der Waals surface area (Å²) in [5, 5.41) is 14.8. The fraction of sp³-hybridized carbons (Fsp3) is 0.867. The monoisotopic (exact) mass is 281 g/mol. The number of rotatable bonds is 6. The van der Waals surface area contributed by atoms with Crippen LogP contribution in [0.25, 0.3) is 0 Å². The minimum Gasteiger partial charge on any atom is -0.315 e. The lowest BCUT2D eigenvalue weighted by Crippen LogP contribution is -2.23. The molecular formula is C15H27N3S. The van der Waals surface area contributed by atoms with Crippen molar-refractivity contribution in [3.8, 4) is 0 Å². The van der Waals surface area contributed by atoms with Gasteiger partial charge in [0, 0.05) is 18.4 Å². The van der Waals surface area contributed by atoms with Crippen molar-refractivity contribution < 1.29 is 0 Å². The van der Waals surface area contributed by atoms with Crippen LogP contribution >= 0.6 is 11.3 Å². The summed E-state index contributed by atoms with van der Waals surface area (Å²) < 4.78 is 0. The van der Waals surface area contributed by atoms with Crippen molar-refractivity contribution in [1.29, 1.82) is 0 Å². The summed E-state index contributed by atoms with van der Waals surface area (Å²) in [5.74, 6) is 0.697. The van der Waals surface area contributed by atoms with Crippen molar-refractivity contribution in [1.82, 2.24) is 15.5 Å². The van der Waals surface area contributed by atoms with E-state index in [9.17, 15) is 0 Å². The molecule has 0 aliphatic heterocycles. The number of aryl methyl sites for hydroxylation is 1. The lowest BCUT2D eigenvalue weighted by molar-refractivity contribution is 0.568. The van der Waals surface area contributed by atoms with E-state index in [2.05, 4.69) is 29.4 Å². The van der Waals surface area contributed by atoms with E-state index < -0.39 is 0 Å². The predicted octanol–water partition coefficient (Wildman–Crippen LogP) is 3.91. The van der Waals surface area contributed by atoms with Gasteiger partial charge in [-0.2, -0.15) is 0 Å². The molecule has 1 aliphatic rings. The lowest BCUT2D eigenvalue weighted by atomic mass is 10.0. The number of hydrogen-bond acceptors (Lipinski definition) is 4. The van der Waals surface area contributed by atoms with E-state index in [0.717, 1.165) is 19.4 Å². The first-order chi connectivity index (χ1) is 9.25. The molecule has 1 N–H and O–H groups in total. The Morgan fingerprint density at radius 2 is 1.89 bits per heavy atom. The summed E-state index contributed by atoms with van der Waals surface area (Å²) in [7, 11) is 0. The minimum absolute atomic E-state index is 0.580. The van der Waals surface area contributed by atoms with Gasteiger partial charge in [0.15, 0.2) is 0 Å². The average Bonchev–Trinajstić information content (AvgIpc) is 2.68. The van der Waals surface area contributed by atoms with E-state index in [0.29, 0.717) is 12.0 Å². The second-order valence-corrected chi connectivity index (χ2v) is 7.03. The SMILES string of the molecule is CC(C)NCCCc1nnc(C2CCCCCC2)s1. The van der Waals surface area contributed by atoms with E-state index in [4.69, 9.17) is 0 Å². The Balaban J connectivity index is 1.77. The Morgan fingerprint density at radius 1 is 1.16 bits per heavy atom. The summed E-state index contributed by atoms with van der Waals surface area (Å²) >= 11 is 1.86. The predicted molar refractivity (Wildman–Crippen MR) is 81.8 cm³/mol. The van der Waals surface area contributed by atoms with Crippen LogP contribution in [0.2, 0.25) is 0 Å². The van der Waals surface area contributed by atoms with Crippen molar-refractivity contribution >= 4 is 11.3 Å². The molecule has 0 amide bonds. The smallest absolute Gasteiger partial charge is 0.120 e. The Kier molecular flexibility index (Phi) is 6.24. The fourth-order valence-corrected chi connectivity index (χ4v) is 3.74. The zero-order valence-corrected chi connectivity index (χ0v) is 13.1. The quantitative estimate of drug-likeness (QED) is 0.634. The highest BCUT2D eigenvalue weighted by molar-refractivity contribution is 7.11. The van der Waals surface area contributed by atoms with E-state index in [1.54, 1.807) is 0 Å². The summed E-state index contributed by atoms with van der Waals surface area (Å²) in [6.07, 6.45) is 10.4. The molecule has 1 aromatic heterocycles. The topological polar surface area (TPSA) is 37.8 Å². The number of aromatic nitrogens is 2. The van der Waals surface area contributed by atoms with Crippen molar-refractivity contribution in [3.63, 3.8) is 0 Å². The Bertz CT molecular complexity index is 354. The first-order valence-electron chi connectivity index (χ1n) is 7.81. The zero-order valence-electron chi connectivity index (χ0n) is 12.3. The van der Waals surface area contributed by atoms with Gasteiger partial charge < -0.3 is 5.32 Å². The molecule has 0 aromatic carbocycles. The number of hydrogen-bond donors (Lipinski definition) is 1. The van der Waals surface area contributed by atoms with Gasteiger partial charge in [0.2, 0.25) is 0 Å². The van der Waals surface area contributed by atoms with Gasteiger partial charge in [-0.05, 0) is 25.8 Å². The second kappa shape index (κ2) is 7.95. The molecular weight excluding hydrogens is 254 g/mol. The van der Waals surface area contributed by atoms with E-state index >= 15 is 0 Å². The van der Waals surface area contributed by atoms with Crippen LogP contribution in [0.15, 0.2) is 0 Å². The molecule has 1 saturated carbocycles. The Hall–Kier alpha value is -0.480. The highest BCUT2D eigenvalue weighted by Crippen LogP contribution is 2.33. The third-order valence-electron chi connectivity index (χ3n) is 3.81. The van der Waals surface area contributed by atoms with Crippen molar-refractivity contribution in [3.05, 3.63) is 10.0 Å². The molecule has 0 saturated heterocycles. The maximum absolute atomic E-state index is 4.44. The van der Waals surface area contributed by atoms with E-state index in [-0.39, 0.29) is 0 Å². The third-order valence-corrected chi connectivity index (χ3v) is 4.95. The molecule has 19 heavy (non-hydrogen) atoms. The molecule has 1 fully saturated rings. The highest BCUT2D eigenvalue weighted by atomic mass is 32.1. The molecule has 1 aliphatic carbocycles.